The van der Waals surface area contributed by atoms with Crippen LogP contribution in [0.3, 0.4) is 0 Å². The van der Waals surface area contributed by atoms with Crippen molar-refractivity contribution in [2.45, 2.75) is 44.9 Å². The Hall–Kier alpha value is -2.94. The summed E-state index contributed by atoms with van der Waals surface area (Å²) in [6, 6.07) is 5.47. The van der Waals surface area contributed by atoms with Crippen molar-refractivity contribution >= 4 is 23.9 Å². The smallest absolute Gasteiger partial charge is 0.407 e. The average molecular weight is 376 g/mol. The molecule has 2 heterocycles. The number of carbonyl (C=O) groups excluding carboxylic acids is 4. The van der Waals surface area contributed by atoms with E-state index in [0.717, 1.165) is 0 Å². The fraction of sp³-hybridized carbons (Fsp3) is 0.444. The van der Waals surface area contributed by atoms with Gasteiger partial charge in [-0.1, -0.05) is 17.2 Å². The molecule has 0 radical (unpaired) electrons. The molecule has 2 aliphatic rings. The van der Waals surface area contributed by atoms with Gasteiger partial charge in [-0.15, -0.1) is 0 Å². The number of imide groups is 1. The molecule has 9 heteroatoms. The molecular formula is C18H20N2O7. The first-order valence-corrected chi connectivity index (χ1v) is 8.48. The molecule has 0 aromatic heterocycles. The average Bonchev–Trinajstić information content (AvgIpc) is 3.12. The highest BCUT2D eigenvalue weighted by molar-refractivity contribution is 6.20. The van der Waals surface area contributed by atoms with Crippen LogP contribution < -0.4 is 5.32 Å². The summed E-state index contributed by atoms with van der Waals surface area (Å²) < 4.78 is 10.5. The quantitative estimate of drug-likeness (QED) is 0.794. The number of rotatable bonds is 3. The van der Waals surface area contributed by atoms with Gasteiger partial charge in [0.2, 0.25) is 0 Å². The third kappa shape index (κ3) is 3.92. The second-order valence-corrected chi connectivity index (χ2v) is 7.19. The van der Waals surface area contributed by atoms with Crippen LogP contribution in [0.2, 0.25) is 0 Å². The van der Waals surface area contributed by atoms with Crippen molar-refractivity contribution in [3.63, 3.8) is 0 Å². The van der Waals surface area contributed by atoms with E-state index in [-0.39, 0.29) is 17.7 Å². The predicted molar refractivity (Wildman–Crippen MR) is 90.5 cm³/mol. The van der Waals surface area contributed by atoms with Crippen molar-refractivity contribution in [3.05, 3.63) is 35.4 Å². The van der Waals surface area contributed by atoms with E-state index >= 15 is 0 Å². The molecule has 27 heavy (non-hydrogen) atoms. The summed E-state index contributed by atoms with van der Waals surface area (Å²) in [5, 5.41) is 2.97. The summed E-state index contributed by atoms with van der Waals surface area (Å²) in [6.07, 6.45) is -1.49. The number of carbonyl (C=O) groups is 4. The van der Waals surface area contributed by atoms with Gasteiger partial charge in [-0.2, -0.15) is 0 Å². The van der Waals surface area contributed by atoms with Gasteiger partial charge in [0.25, 0.3) is 11.8 Å². The van der Waals surface area contributed by atoms with Crippen molar-refractivity contribution in [2.24, 2.45) is 0 Å². The summed E-state index contributed by atoms with van der Waals surface area (Å²) in [7, 11) is 0. The molecule has 0 unspecified atom stereocenters. The van der Waals surface area contributed by atoms with Crippen LogP contribution in [0.5, 0.6) is 0 Å². The molecule has 3 amide bonds. The van der Waals surface area contributed by atoms with Gasteiger partial charge >= 0.3 is 12.1 Å². The lowest BCUT2D eigenvalue weighted by Crippen LogP contribution is -2.48. The molecule has 1 N–H and O–H groups in total. The van der Waals surface area contributed by atoms with E-state index in [1.54, 1.807) is 32.9 Å². The van der Waals surface area contributed by atoms with Crippen LogP contribution in [0.4, 0.5) is 4.79 Å². The number of ether oxygens (including phenoxy) is 2. The van der Waals surface area contributed by atoms with Crippen molar-refractivity contribution < 1.29 is 33.5 Å². The third-order valence-electron chi connectivity index (χ3n) is 3.96. The lowest BCUT2D eigenvalue weighted by atomic mass is 10.1. The van der Waals surface area contributed by atoms with Crippen LogP contribution in [0.25, 0.3) is 0 Å². The highest BCUT2D eigenvalue weighted by atomic mass is 16.7. The minimum Gasteiger partial charge on any atom is -0.444 e. The molecule has 0 bridgehead atoms. The number of hydrogen-bond donors (Lipinski definition) is 1. The molecule has 0 aliphatic carbocycles. The topological polar surface area (TPSA) is 111 Å². The van der Waals surface area contributed by atoms with E-state index in [0.29, 0.717) is 11.5 Å². The van der Waals surface area contributed by atoms with Gasteiger partial charge < -0.3 is 19.6 Å². The monoisotopic (exact) mass is 376 g/mol. The number of nitrogens with zero attached hydrogens (tertiary/aromatic N) is 1. The second-order valence-electron chi connectivity index (χ2n) is 7.19. The first-order chi connectivity index (χ1) is 12.7. The SMILES string of the molecule is CC(C)(C)OC(=O)N[C@H]1CCO[C@@H]1C(=O)ON1C(=O)c2ccccc2C1=O. The Morgan fingerprint density at radius 2 is 1.74 bits per heavy atom. The lowest BCUT2D eigenvalue weighted by molar-refractivity contribution is -0.179. The van der Waals surface area contributed by atoms with E-state index in [2.05, 4.69) is 5.32 Å². The Bertz CT molecular complexity index is 764. The second kappa shape index (κ2) is 6.99. The Balaban J connectivity index is 1.65. The molecule has 3 rings (SSSR count). The molecule has 1 fully saturated rings. The van der Waals surface area contributed by atoms with Crippen LogP contribution in [0.1, 0.15) is 47.9 Å². The van der Waals surface area contributed by atoms with Crippen molar-refractivity contribution in [2.75, 3.05) is 6.61 Å². The van der Waals surface area contributed by atoms with Gasteiger partial charge in [-0.3, -0.25) is 9.59 Å². The van der Waals surface area contributed by atoms with Crippen molar-refractivity contribution in [1.82, 2.24) is 10.4 Å². The maximum absolute atomic E-state index is 12.4. The minimum absolute atomic E-state index is 0.158. The van der Waals surface area contributed by atoms with Crippen LogP contribution >= 0.6 is 0 Å². The van der Waals surface area contributed by atoms with Crippen LogP contribution in [-0.4, -0.2) is 53.3 Å². The normalized spacial score (nSPS) is 21.8. The van der Waals surface area contributed by atoms with Crippen LogP contribution in [0.15, 0.2) is 24.3 Å². The van der Waals surface area contributed by atoms with Gasteiger partial charge in [0.15, 0.2) is 6.10 Å². The zero-order valence-electron chi connectivity index (χ0n) is 15.2. The van der Waals surface area contributed by atoms with Gasteiger partial charge in [0.05, 0.1) is 17.2 Å². The van der Waals surface area contributed by atoms with E-state index in [1.807, 2.05) is 0 Å². The fourth-order valence-corrected chi connectivity index (χ4v) is 2.82. The Morgan fingerprint density at radius 3 is 2.30 bits per heavy atom. The lowest BCUT2D eigenvalue weighted by Gasteiger charge is -2.23. The van der Waals surface area contributed by atoms with E-state index in [4.69, 9.17) is 14.3 Å². The molecule has 2 aliphatic heterocycles. The predicted octanol–water partition coefficient (Wildman–Crippen LogP) is 1.42. The Morgan fingerprint density at radius 1 is 1.15 bits per heavy atom. The fourth-order valence-electron chi connectivity index (χ4n) is 2.82. The van der Waals surface area contributed by atoms with E-state index in [9.17, 15) is 19.2 Å². The number of nitrogens with one attached hydrogen (secondary N) is 1. The number of hydrogen-bond acceptors (Lipinski definition) is 7. The number of hydroxylamine groups is 2. The minimum atomic E-state index is -1.15. The van der Waals surface area contributed by atoms with E-state index in [1.165, 1.54) is 12.1 Å². The zero-order valence-corrected chi connectivity index (χ0v) is 15.2. The number of benzene rings is 1. The number of alkyl carbamates (subject to hydrolysis) is 1. The van der Waals surface area contributed by atoms with E-state index < -0.39 is 41.6 Å². The van der Waals surface area contributed by atoms with Gasteiger partial charge in [-0.05, 0) is 39.3 Å². The summed E-state index contributed by atoms with van der Waals surface area (Å²) in [5.41, 5.74) is -0.378. The standard InChI is InChI=1S/C18H20N2O7/c1-18(2,3)26-17(24)19-12-8-9-25-13(12)16(23)27-20-14(21)10-6-4-5-7-11(10)15(20)22/h4-7,12-13H,8-9H2,1-3H3,(H,19,24)/t12-,13-/m0/s1. The highest BCUT2D eigenvalue weighted by Gasteiger charge is 2.43. The molecule has 144 valence electrons. The van der Waals surface area contributed by atoms with Gasteiger partial charge in [0, 0.05) is 6.61 Å². The maximum atomic E-state index is 12.4. The molecule has 2 atom stereocenters. The largest absolute Gasteiger partial charge is 0.444 e. The molecule has 9 nitrogen and oxygen atoms in total. The summed E-state index contributed by atoms with van der Waals surface area (Å²) >= 11 is 0. The molecule has 0 saturated carbocycles. The Labute approximate surface area is 155 Å². The van der Waals surface area contributed by atoms with Crippen molar-refractivity contribution in [1.29, 1.82) is 0 Å². The highest BCUT2D eigenvalue weighted by Crippen LogP contribution is 2.24. The Kier molecular flexibility index (Phi) is 4.88. The summed E-state index contributed by atoms with van der Waals surface area (Å²) in [5.74, 6) is -2.39. The van der Waals surface area contributed by atoms with Crippen LogP contribution in [0, 0.1) is 0 Å². The third-order valence-corrected chi connectivity index (χ3v) is 3.96. The first-order valence-electron chi connectivity index (χ1n) is 8.48. The maximum Gasteiger partial charge on any atom is 0.407 e. The van der Waals surface area contributed by atoms with Gasteiger partial charge in [-0.25, -0.2) is 9.59 Å². The number of fused-ring (bicyclic) bond motifs is 1. The molecule has 0 spiro atoms. The number of amides is 3. The molecular weight excluding hydrogens is 356 g/mol. The molecule has 1 aromatic carbocycles. The zero-order chi connectivity index (χ0) is 19.8. The van der Waals surface area contributed by atoms with Crippen molar-refractivity contribution in [3.8, 4) is 0 Å². The van der Waals surface area contributed by atoms with Gasteiger partial charge in [0.1, 0.15) is 5.60 Å². The first kappa shape index (κ1) is 18.8. The van der Waals surface area contributed by atoms with Crippen LogP contribution in [-0.2, 0) is 19.1 Å². The summed E-state index contributed by atoms with van der Waals surface area (Å²) in [4.78, 5) is 53.9. The molecule has 1 saturated heterocycles. The summed E-state index contributed by atoms with van der Waals surface area (Å²) in [6.45, 7) is 5.35. The molecule has 1 aromatic rings.